The van der Waals surface area contributed by atoms with Gasteiger partial charge in [0, 0.05) is 13.8 Å². The van der Waals surface area contributed by atoms with Gasteiger partial charge in [-0.25, -0.2) is 0 Å². The molecule has 6 atom stereocenters. The summed E-state index contributed by atoms with van der Waals surface area (Å²) in [5.74, 6) is -1.22. The number of aliphatic hydroxyl groups excluding tert-OH is 2. The molecule has 10 heteroatoms. The zero-order chi connectivity index (χ0) is 37.0. The van der Waals surface area contributed by atoms with Gasteiger partial charge in [0.05, 0.1) is 39.6 Å². The molecule has 0 saturated heterocycles. The van der Waals surface area contributed by atoms with Crippen LogP contribution in [0.4, 0.5) is 0 Å². The standard InChI is InChI=1S/C42H48O10/c1-31(45)51-37(41(49-29-35-19-11-5-12-20-35)39(25-43)47-27-33-15-7-3-8-16-33)23-24-38(52-32(2)46)42(50-30-36-21-13-6-14-22-36)40(26-44)48-28-34-17-9-4-10-18-34/h3-24,37-44H,25-30H2,1-2H3/b24-23+/t37-,38-,39+,40+,41+,42+/m1/s1. The summed E-state index contributed by atoms with van der Waals surface area (Å²) in [6, 6.07) is 37.8. The van der Waals surface area contributed by atoms with Gasteiger partial charge >= 0.3 is 11.9 Å². The van der Waals surface area contributed by atoms with Crippen molar-refractivity contribution < 1.29 is 48.2 Å². The molecular weight excluding hydrogens is 664 g/mol. The predicted octanol–water partition coefficient (Wildman–Crippen LogP) is 5.73. The quantitative estimate of drug-likeness (QED) is 0.0770. The molecular formula is C42H48O10. The fourth-order valence-electron chi connectivity index (χ4n) is 5.45. The van der Waals surface area contributed by atoms with Gasteiger partial charge in [-0.2, -0.15) is 0 Å². The monoisotopic (exact) mass is 712 g/mol. The van der Waals surface area contributed by atoms with Crippen molar-refractivity contribution in [3.63, 3.8) is 0 Å². The van der Waals surface area contributed by atoms with Gasteiger partial charge in [-0.1, -0.05) is 121 Å². The summed E-state index contributed by atoms with van der Waals surface area (Å²) in [7, 11) is 0. The van der Waals surface area contributed by atoms with Crippen LogP contribution in [0.2, 0.25) is 0 Å². The Morgan fingerprint density at radius 2 is 0.750 bits per heavy atom. The highest BCUT2D eigenvalue weighted by molar-refractivity contribution is 5.67. The lowest BCUT2D eigenvalue weighted by Crippen LogP contribution is -2.46. The number of rotatable bonds is 22. The predicted molar refractivity (Wildman–Crippen MR) is 194 cm³/mol. The highest BCUT2D eigenvalue weighted by Gasteiger charge is 2.35. The minimum atomic E-state index is -1.11. The van der Waals surface area contributed by atoms with Crippen LogP contribution in [0.1, 0.15) is 36.1 Å². The van der Waals surface area contributed by atoms with Crippen molar-refractivity contribution in [2.45, 2.75) is 76.9 Å². The van der Waals surface area contributed by atoms with E-state index >= 15 is 0 Å². The van der Waals surface area contributed by atoms with E-state index in [4.69, 9.17) is 28.4 Å². The minimum absolute atomic E-state index is 0.123. The van der Waals surface area contributed by atoms with Gasteiger partial charge in [-0.05, 0) is 34.4 Å². The number of esters is 2. The first-order valence-electron chi connectivity index (χ1n) is 17.2. The molecule has 0 spiro atoms. The number of benzene rings is 4. The number of hydrogen-bond donors (Lipinski definition) is 2. The molecule has 0 aliphatic carbocycles. The van der Waals surface area contributed by atoms with Crippen LogP contribution in [0.15, 0.2) is 133 Å². The lowest BCUT2D eigenvalue weighted by Gasteiger charge is -2.33. The van der Waals surface area contributed by atoms with Crippen molar-refractivity contribution in [2.24, 2.45) is 0 Å². The van der Waals surface area contributed by atoms with Gasteiger partial charge in [0.1, 0.15) is 36.6 Å². The third kappa shape index (κ3) is 13.8. The first-order chi connectivity index (χ1) is 25.4. The van der Waals surface area contributed by atoms with Gasteiger partial charge in [0.2, 0.25) is 0 Å². The molecule has 276 valence electrons. The van der Waals surface area contributed by atoms with Crippen molar-refractivity contribution in [2.75, 3.05) is 13.2 Å². The topological polar surface area (TPSA) is 130 Å². The van der Waals surface area contributed by atoms with Crippen molar-refractivity contribution in [1.82, 2.24) is 0 Å². The van der Waals surface area contributed by atoms with E-state index in [1.807, 2.05) is 121 Å². The molecule has 10 nitrogen and oxygen atoms in total. The van der Waals surface area contributed by atoms with E-state index in [0.29, 0.717) is 0 Å². The molecule has 4 aromatic carbocycles. The van der Waals surface area contributed by atoms with E-state index in [-0.39, 0.29) is 26.4 Å². The summed E-state index contributed by atoms with van der Waals surface area (Å²) >= 11 is 0. The highest BCUT2D eigenvalue weighted by Crippen LogP contribution is 2.22. The zero-order valence-corrected chi connectivity index (χ0v) is 29.6. The number of aliphatic hydroxyl groups is 2. The molecule has 0 aliphatic rings. The Balaban J connectivity index is 1.67. The molecule has 0 unspecified atom stereocenters. The van der Waals surface area contributed by atoms with Gasteiger partial charge in [-0.15, -0.1) is 0 Å². The Bertz CT molecular complexity index is 1480. The summed E-state index contributed by atoms with van der Waals surface area (Å²) < 4.78 is 36.6. The molecule has 0 aliphatic heterocycles. The van der Waals surface area contributed by atoms with Crippen LogP contribution in [0.5, 0.6) is 0 Å². The van der Waals surface area contributed by atoms with Crippen LogP contribution < -0.4 is 0 Å². The smallest absolute Gasteiger partial charge is 0.303 e. The number of carbonyl (C=O) groups excluding carboxylic acids is 2. The summed E-state index contributed by atoms with van der Waals surface area (Å²) in [6.45, 7) is 2.20. The van der Waals surface area contributed by atoms with E-state index in [2.05, 4.69) is 0 Å². The minimum Gasteiger partial charge on any atom is -0.455 e. The van der Waals surface area contributed by atoms with Crippen LogP contribution in [0.25, 0.3) is 0 Å². The van der Waals surface area contributed by atoms with Gasteiger partial charge < -0.3 is 38.6 Å². The van der Waals surface area contributed by atoms with Crippen LogP contribution >= 0.6 is 0 Å². The van der Waals surface area contributed by atoms with Gasteiger partial charge in [0.15, 0.2) is 0 Å². The number of ether oxygens (including phenoxy) is 6. The molecule has 0 radical (unpaired) electrons. The van der Waals surface area contributed by atoms with Crippen molar-refractivity contribution in [3.05, 3.63) is 156 Å². The average Bonchev–Trinajstić information content (AvgIpc) is 3.17. The van der Waals surface area contributed by atoms with E-state index in [0.717, 1.165) is 22.3 Å². The third-order valence-electron chi connectivity index (χ3n) is 8.02. The molecule has 0 bridgehead atoms. The van der Waals surface area contributed by atoms with Gasteiger partial charge in [0.25, 0.3) is 0 Å². The first-order valence-corrected chi connectivity index (χ1v) is 17.2. The second kappa shape index (κ2) is 22.3. The first kappa shape index (κ1) is 40.1. The Kier molecular flexibility index (Phi) is 17.2. The third-order valence-corrected chi connectivity index (χ3v) is 8.02. The molecule has 52 heavy (non-hydrogen) atoms. The molecule has 0 fully saturated rings. The summed E-state index contributed by atoms with van der Waals surface area (Å²) in [4.78, 5) is 25.1. The molecule has 0 amide bonds. The maximum atomic E-state index is 12.5. The van der Waals surface area contributed by atoms with Gasteiger partial charge in [-0.3, -0.25) is 9.59 Å². The Labute approximate surface area is 305 Å². The summed E-state index contributed by atoms with van der Waals surface area (Å²) in [6.07, 6.45) is -3.03. The normalized spacial score (nSPS) is 14.9. The summed E-state index contributed by atoms with van der Waals surface area (Å²) in [5, 5.41) is 21.1. The van der Waals surface area contributed by atoms with Crippen LogP contribution in [-0.2, 0) is 64.4 Å². The molecule has 2 N–H and O–H groups in total. The van der Waals surface area contributed by atoms with E-state index in [1.165, 1.54) is 26.0 Å². The highest BCUT2D eigenvalue weighted by atomic mass is 16.6. The van der Waals surface area contributed by atoms with Crippen LogP contribution in [0, 0.1) is 0 Å². The van der Waals surface area contributed by atoms with Crippen LogP contribution in [-0.4, -0.2) is 72.0 Å². The Morgan fingerprint density at radius 1 is 0.481 bits per heavy atom. The van der Waals surface area contributed by atoms with Crippen LogP contribution in [0.3, 0.4) is 0 Å². The zero-order valence-electron chi connectivity index (χ0n) is 29.6. The van der Waals surface area contributed by atoms with Crippen molar-refractivity contribution >= 4 is 11.9 Å². The number of hydrogen-bond acceptors (Lipinski definition) is 10. The number of carbonyl (C=O) groups is 2. The Hall–Kier alpha value is -4.68. The van der Waals surface area contributed by atoms with Crippen molar-refractivity contribution in [3.8, 4) is 0 Å². The molecule has 4 rings (SSSR count). The lowest BCUT2D eigenvalue weighted by atomic mass is 10.0. The van der Waals surface area contributed by atoms with E-state index in [9.17, 15) is 19.8 Å². The SMILES string of the molecule is CC(=O)O[C@H](/C=C/[C@@H](OC(C)=O)[C@H](OCc1ccccc1)[C@H](CO)OCc1ccccc1)[C@H](OCc1ccccc1)[C@H](CO)OCc1ccccc1. The molecule has 4 aromatic rings. The lowest BCUT2D eigenvalue weighted by molar-refractivity contribution is -0.170. The second-order valence-electron chi connectivity index (χ2n) is 12.1. The molecule has 0 heterocycles. The summed E-state index contributed by atoms with van der Waals surface area (Å²) in [5.41, 5.74) is 3.46. The average molecular weight is 713 g/mol. The van der Waals surface area contributed by atoms with E-state index in [1.54, 1.807) is 0 Å². The second-order valence-corrected chi connectivity index (χ2v) is 12.1. The molecule has 0 saturated carbocycles. The molecule has 0 aromatic heterocycles. The van der Waals surface area contributed by atoms with E-state index < -0.39 is 61.8 Å². The largest absolute Gasteiger partial charge is 0.455 e. The maximum Gasteiger partial charge on any atom is 0.303 e. The fourth-order valence-corrected chi connectivity index (χ4v) is 5.45. The fraction of sp³-hybridized carbons (Fsp3) is 0.333. The van der Waals surface area contributed by atoms with Crippen molar-refractivity contribution in [1.29, 1.82) is 0 Å². The maximum absolute atomic E-state index is 12.5. The Morgan fingerprint density at radius 3 is 1.00 bits per heavy atom.